The van der Waals surface area contributed by atoms with Gasteiger partial charge in [-0.1, -0.05) is 56.7 Å². The Balaban J connectivity index is 1.85. The average Bonchev–Trinajstić information content (AvgIpc) is 3.00. The molecule has 5 nitrogen and oxygen atoms in total. The molecule has 0 radical (unpaired) electrons. The van der Waals surface area contributed by atoms with Crippen molar-refractivity contribution >= 4 is 18.1 Å². The number of H-pyrrole nitrogens is 1. The summed E-state index contributed by atoms with van der Waals surface area (Å²) in [4.78, 5) is 12.9. The van der Waals surface area contributed by atoms with E-state index < -0.39 is 0 Å². The number of aromatic amines is 1. The molecule has 1 atom stereocenters. The van der Waals surface area contributed by atoms with Gasteiger partial charge in [0.1, 0.15) is 12.4 Å². The molecule has 0 aliphatic rings. The van der Waals surface area contributed by atoms with Gasteiger partial charge in [-0.05, 0) is 48.3 Å². The third-order valence-electron chi connectivity index (χ3n) is 4.71. The zero-order valence-electron chi connectivity index (χ0n) is 17.0. The largest absolute Gasteiger partial charge is 0.347 e. The van der Waals surface area contributed by atoms with Crippen LogP contribution in [0.1, 0.15) is 37.9 Å². The van der Waals surface area contributed by atoms with Crippen LogP contribution in [-0.2, 0) is 11.3 Å². The lowest BCUT2D eigenvalue weighted by atomic mass is 9.82. The van der Waals surface area contributed by atoms with Crippen molar-refractivity contribution < 1.29 is 9.18 Å². The molecule has 1 unspecified atom stereocenters. The van der Waals surface area contributed by atoms with E-state index >= 15 is 0 Å². The van der Waals surface area contributed by atoms with Crippen LogP contribution in [0, 0.1) is 22.9 Å². The number of aryl methyl sites for hydroxylation is 1. The zero-order valence-corrected chi connectivity index (χ0v) is 17.8. The Bertz CT molecular complexity index is 1060. The van der Waals surface area contributed by atoms with Crippen LogP contribution in [0.3, 0.4) is 0 Å². The highest BCUT2D eigenvalue weighted by Crippen LogP contribution is 2.33. The van der Waals surface area contributed by atoms with Crippen molar-refractivity contribution in [2.75, 3.05) is 0 Å². The molecule has 0 fully saturated rings. The topological polar surface area (TPSA) is 62.7 Å². The predicted molar refractivity (Wildman–Crippen MR) is 114 cm³/mol. The Morgan fingerprint density at radius 3 is 2.55 bits per heavy atom. The van der Waals surface area contributed by atoms with Crippen molar-refractivity contribution in [2.24, 2.45) is 5.41 Å². The zero-order chi connectivity index (χ0) is 21.2. The standard InChI is InChI=1S/C22H25FN4OS/c1-14-6-5-7-16(12-14)20-25-26-21(29)27(20)13-18(28)24-19(22(2,3)4)15-8-10-17(23)11-9-15/h5-12,19H,13H2,1-4H3,(H,24,28)(H,26,29). The second kappa shape index (κ2) is 8.29. The molecule has 0 spiro atoms. The van der Waals surface area contributed by atoms with Crippen LogP contribution in [0.2, 0.25) is 0 Å². The molecule has 0 aliphatic carbocycles. The van der Waals surface area contributed by atoms with Crippen molar-refractivity contribution in [2.45, 2.75) is 40.3 Å². The van der Waals surface area contributed by atoms with Gasteiger partial charge in [0.15, 0.2) is 10.6 Å². The molecule has 7 heteroatoms. The number of amides is 1. The molecule has 0 saturated carbocycles. The minimum Gasteiger partial charge on any atom is -0.347 e. The quantitative estimate of drug-likeness (QED) is 0.582. The van der Waals surface area contributed by atoms with Crippen molar-refractivity contribution in [3.8, 4) is 11.4 Å². The number of hydrogen-bond acceptors (Lipinski definition) is 3. The van der Waals surface area contributed by atoms with Crippen LogP contribution in [0.25, 0.3) is 11.4 Å². The Kier molecular flexibility index (Phi) is 5.98. The number of benzene rings is 2. The van der Waals surface area contributed by atoms with Gasteiger partial charge in [-0.2, -0.15) is 5.10 Å². The molecule has 3 rings (SSSR count). The van der Waals surface area contributed by atoms with E-state index in [2.05, 4.69) is 15.5 Å². The van der Waals surface area contributed by atoms with Crippen LogP contribution in [0.15, 0.2) is 48.5 Å². The molecule has 0 bridgehead atoms. The van der Waals surface area contributed by atoms with Crippen LogP contribution in [0.5, 0.6) is 0 Å². The van der Waals surface area contributed by atoms with E-state index in [4.69, 9.17) is 12.2 Å². The highest BCUT2D eigenvalue weighted by atomic mass is 32.1. The van der Waals surface area contributed by atoms with Crippen molar-refractivity contribution in [3.63, 3.8) is 0 Å². The Hall–Kier alpha value is -2.80. The number of rotatable bonds is 5. The lowest BCUT2D eigenvalue weighted by molar-refractivity contribution is -0.123. The second-order valence-corrected chi connectivity index (χ2v) is 8.61. The minimum absolute atomic E-state index is 0.0341. The van der Waals surface area contributed by atoms with Gasteiger partial charge in [-0.25, -0.2) is 4.39 Å². The number of halogens is 1. The van der Waals surface area contributed by atoms with Crippen LogP contribution in [0.4, 0.5) is 4.39 Å². The molecular weight excluding hydrogens is 387 g/mol. The van der Waals surface area contributed by atoms with Gasteiger partial charge < -0.3 is 5.32 Å². The van der Waals surface area contributed by atoms with E-state index in [1.54, 1.807) is 16.7 Å². The lowest BCUT2D eigenvalue weighted by Crippen LogP contribution is -2.38. The van der Waals surface area contributed by atoms with Gasteiger partial charge in [0.05, 0.1) is 6.04 Å². The van der Waals surface area contributed by atoms with E-state index in [9.17, 15) is 9.18 Å². The van der Waals surface area contributed by atoms with Gasteiger partial charge in [0.2, 0.25) is 5.91 Å². The summed E-state index contributed by atoms with van der Waals surface area (Å²) in [7, 11) is 0. The minimum atomic E-state index is -0.305. The summed E-state index contributed by atoms with van der Waals surface area (Å²) in [5, 5.41) is 10.2. The molecule has 0 saturated heterocycles. The van der Waals surface area contributed by atoms with E-state index in [1.807, 2.05) is 52.0 Å². The highest BCUT2D eigenvalue weighted by Gasteiger charge is 2.28. The molecule has 1 aromatic heterocycles. The normalized spacial score (nSPS) is 12.6. The van der Waals surface area contributed by atoms with Gasteiger partial charge in [0.25, 0.3) is 0 Å². The number of nitrogens with zero attached hydrogens (tertiary/aromatic N) is 2. The van der Waals surface area contributed by atoms with Gasteiger partial charge in [-0.15, -0.1) is 0 Å². The monoisotopic (exact) mass is 412 g/mol. The lowest BCUT2D eigenvalue weighted by Gasteiger charge is -2.32. The molecule has 1 heterocycles. The molecule has 152 valence electrons. The maximum atomic E-state index is 13.3. The fourth-order valence-electron chi connectivity index (χ4n) is 3.27. The SMILES string of the molecule is Cc1cccc(-c2n[nH]c(=S)n2CC(=O)NC(c2ccc(F)cc2)C(C)(C)C)c1. The number of carbonyl (C=O) groups is 1. The first-order valence-corrected chi connectivity index (χ1v) is 9.83. The molecule has 0 aliphatic heterocycles. The Labute approximate surface area is 175 Å². The number of hydrogen-bond donors (Lipinski definition) is 2. The number of carbonyl (C=O) groups excluding carboxylic acids is 1. The average molecular weight is 413 g/mol. The van der Waals surface area contributed by atoms with Crippen molar-refractivity contribution in [1.82, 2.24) is 20.1 Å². The smallest absolute Gasteiger partial charge is 0.240 e. The number of nitrogens with one attached hydrogen (secondary N) is 2. The molecule has 1 amide bonds. The van der Waals surface area contributed by atoms with Crippen molar-refractivity contribution in [3.05, 3.63) is 70.2 Å². The summed E-state index contributed by atoms with van der Waals surface area (Å²) >= 11 is 5.34. The summed E-state index contributed by atoms with van der Waals surface area (Å²) in [5.74, 6) is 0.115. The van der Waals surface area contributed by atoms with Gasteiger partial charge in [0, 0.05) is 5.56 Å². The van der Waals surface area contributed by atoms with Crippen LogP contribution in [-0.4, -0.2) is 20.7 Å². The van der Waals surface area contributed by atoms with Crippen LogP contribution >= 0.6 is 12.2 Å². The van der Waals surface area contributed by atoms with E-state index in [1.165, 1.54) is 12.1 Å². The van der Waals surface area contributed by atoms with Crippen molar-refractivity contribution in [1.29, 1.82) is 0 Å². The third kappa shape index (κ3) is 4.98. The summed E-state index contributed by atoms with van der Waals surface area (Å²) < 4.78 is 15.4. The molecule has 2 N–H and O–H groups in total. The molecule has 29 heavy (non-hydrogen) atoms. The first kappa shape index (κ1) is 20.9. The Morgan fingerprint density at radius 2 is 1.93 bits per heavy atom. The van der Waals surface area contributed by atoms with Crippen LogP contribution < -0.4 is 5.32 Å². The fraction of sp³-hybridized carbons (Fsp3) is 0.318. The van der Waals surface area contributed by atoms with Gasteiger partial charge in [-0.3, -0.25) is 14.5 Å². The molecule has 2 aromatic carbocycles. The summed E-state index contributed by atoms with van der Waals surface area (Å²) in [6, 6.07) is 13.8. The second-order valence-electron chi connectivity index (χ2n) is 8.23. The summed E-state index contributed by atoms with van der Waals surface area (Å²) in [6.45, 7) is 8.12. The van der Waals surface area contributed by atoms with E-state index in [0.717, 1.165) is 16.7 Å². The predicted octanol–water partition coefficient (Wildman–Crippen LogP) is 4.96. The highest BCUT2D eigenvalue weighted by molar-refractivity contribution is 7.71. The van der Waals surface area contributed by atoms with Gasteiger partial charge >= 0.3 is 0 Å². The molecule has 3 aromatic rings. The Morgan fingerprint density at radius 1 is 1.24 bits per heavy atom. The maximum absolute atomic E-state index is 13.3. The molecular formula is C22H25FN4OS. The fourth-order valence-corrected chi connectivity index (χ4v) is 3.47. The van der Waals surface area contributed by atoms with E-state index in [0.29, 0.717) is 10.6 Å². The first-order valence-electron chi connectivity index (χ1n) is 9.42. The van der Waals surface area contributed by atoms with E-state index in [-0.39, 0.29) is 29.7 Å². The maximum Gasteiger partial charge on any atom is 0.240 e. The summed E-state index contributed by atoms with van der Waals surface area (Å²) in [5.41, 5.74) is 2.57. The summed E-state index contributed by atoms with van der Waals surface area (Å²) in [6.07, 6.45) is 0. The first-order chi connectivity index (χ1) is 13.6. The third-order valence-corrected chi connectivity index (χ3v) is 5.02. The number of aromatic nitrogens is 3.